The highest BCUT2D eigenvalue weighted by Gasteiger charge is 2.36. The van der Waals surface area contributed by atoms with Gasteiger partial charge in [-0.2, -0.15) is 0 Å². The van der Waals surface area contributed by atoms with Gasteiger partial charge in [-0.05, 0) is 30.9 Å². The number of aryl methyl sites for hydroxylation is 1. The Morgan fingerprint density at radius 2 is 2.20 bits per heavy atom. The summed E-state index contributed by atoms with van der Waals surface area (Å²) < 4.78 is 0. The second-order valence-corrected chi connectivity index (χ2v) is 4.46. The lowest BCUT2D eigenvalue weighted by Crippen LogP contribution is -2.23. The molecule has 0 bridgehead atoms. The summed E-state index contributed by atoms with van der Waals surface area (Å²) in [7, 11) is 3.93. The fraction of sp³-hybridized carbons (Fsp3) is 0.583. The van der Waals surface area contributed by atoms with Crippen LogP contribution in [-0.2, 0) is 12.0 Å². The molecule has 0 aliphatic heterocycles. The van der Waals surface area contributed by atoms with E-state index >= 15 is 0 Å². The topological polar surface area (TPSA) is 36.4 Å². The zero-order valence-electron chi connectivity index (χ0n) is 9.62. The number of nitrogens with zero attached hydrogens (tertiary/aromatic N) is 2. The Balaban J connectivity index is 2.47. The Bertz CT molecular complexity index is 376. The van der Waals surface area contributed by atoms with Crippen molar-refractivity contribution in [2.45, 2.75) is 31.8 Å². The van der Waals surface area contributed by atoms with Crippen molar-refractivity contribution in [2.24, 2.45) is 0 Å². The van der Waals surface area contributed by atoms with Crippen LogP contribution in [-0.4, -0.2) is 24.2 Å². The van der Waals surface area contributed by atoms with Gasteiger partial charge in [-0.3, -0.25) is 0 Å². The first-order valence-electron chi connectivity index (χ1n) is 5.47. The zero-order valence-corrected chi connectivity index (χ0v) is 9.62. The molecule has 82 valence electrons. The minimum atomic E-state index is -0.693. The van der Waals surface area contributed by atoms with Crippen molar-refractivity contribution < 1.29 is 5.11 Å². The van der Waals surface area contributed by atoms with Crippen molar-refractivity contribution in [3.8, 4) is 0 Å². The lowest BCUT2D eigenvalue weighted by Gasteiger charge is -2.22. The van der Waals surface area contributed by atoms with Crippen LogP contribution in [0.15, 0.2) is 12.1 Å². The van der Waals surface area contributed by atoms with Gasteiger partial charge >= 0.3 is 0 Å². The highest BCUT2D eigenvalue weighted by atomic mass is 16.3. The molecule has 0 spiro atoms. The van der Waals surface area contributed by atoms with Crippen molar-refractivity contribution in [1.82, 2.24) is 4.98 Å². The lowest BCUT2D eigenvalue weighted by atomic mass is 9.98. The summed E-state index contributed by atoms with van der Waals surface area (Å²) in [6.45, 7) is 2.01. The fourth-order valence-electron chi connectivity index (χ4n) is 2.14. The number of rotatable bonds is 2. The third kappa shape index (κ3) is 1.61. The van der Waals surface area contributed by atoms with Gasteiger partial charge in [0.05, 0.1) is 5.69 Å². The Hall–Kier alpha value is -1.09. The normalized spacial score (nSPS) is 24.0. The maximum Gasteiger partial charge on any atom is 0.128 e. The summed E-state index contributed by atoms with van der Waals surface area (Å²) in [5.41, 5.74) is 1.39. The van der Waals surface area contributed by atoms with Crippen molar-refractivity contribution >= 4 is 5.82 Å². The number of pyridine rings is 1. The molecule has 0 fully saturated rings. The molecular weight excluding hydrogens is 188 g/mol. The molecule has 0 saturated carbocycles. The standard InChI is InChI=1S/C12H18N2O/c1-4-12(15)8-7-9-5-6-10(14(2)3)13-11(9)12/h5-6,15H,4,7-8H2,1-3H3/t12-/m1/s1. The minimum absolute atomic E-state index is 0.693. The zero-order chi connectivity index (χ0) is 11.1. The fourth-order valence-corrected chi connectivity index (χ4v) is 2.14. The maximum absolute atomic E-state index is 10.4. The Morgan fingerprint density at radius 3 is 2.80 bits per heavy atom. The van der Waals surface area contributed by atoms with E-state index in [-0.39, 0.29) is 0 Å². The molecular formula is C12H18N2O. The van der Waals surface area contributed by atoms with E-state index < -0.39 is 5.60 Å². The van der Waals surface area contributed by atoms with Crippen molar-refractivity contribution in [3.63, 3.8) is 0 Å². The molecule has 1 aromatic heterocycles. The number of aliphatic hydroxyl groups is 1. The van der Waals surface area contributed by atoms with Gasteiger partial charge in [0, 0.05) is 14.1 Å². The first-order chi connectivity index (χ1) is 7.07. The smallest absolute Gasteiger partial charge is 0.128 e. The van der Waals surface area contributed by atoms with E-state index in [4.69, 9.17) is 0 Å². The van der Waals surface area contributed by atoms with Gasteiger partial charge < -0.3 is 10.0 Å². The van der Waals surface area contributed by atoms with Crippen molar-refractivity contribution in [1.29, 1.82) is 0 Å². The summed E-state index contributed by atoms with van der Waals surface area (Å²) in [5, 5.41) is 10.4. The van der Waals surface area contributed by atoms with E-state index in [0.29, 0.717) is 0 Å². The summed E-state index contributed by atoms with van der Waals surface area (Å²) in [4.78, 5) is 6.52. The van der Waals surface area contributed by atoms with Crippen LogP contribution in [0.5, 0.6) is 0 Å². The summed E-state index contributed by atoms with van der Waals surface area (Å²) in [5.74, 6) is 0.919. The monoisotopic (exact) mass is 206 g/mol. The van der Waals surface area contributed by atoms with E-state index in [1.54, 1.807) is 0 Å². The van der Waals surface area contributed by atoms with E-state index in [2.05, 4.69) is 11.1 Å². The summed E-state index contributed by atoms with van der Waals surface area (Å²) in [6, 6.07) is 4.10. The largest absolute Gasteiger partial charge is 0.384 e. The number of hydrogen-bond acceptors (Lipinski definition) is 3. The molecule has 1 aromatic rings. The number of anilines is 1. The van der Waals surface area contributed by atoms with Gasteiger partial charge in [0.15, 0.2) is 0 Å². The summed E-state index contributed by atoms with van der Waals surface area (Å²) in [6.07, 6.45) is 2.49. The van der Waals surface area contributed by atoms with Crippen molar-refractivity contribution in [2.75, 3.05) is 19.0 Å². The van der Waals surface area contributed by atoms with Crippen LogP contribution in [0.2, 0.25) is 0 Å². The summed E-state index contributed by atoms with van der Waals surface area (Å²) >= 11 is 0. The highest BCUT2D eigenvalue weighted by molar-refractivity contribution is 5.43. The molecule has 0 unspecified atom stereocenters. The molecule has 0 radical (unpaired) electrons. The molecule has 0 saturated heterocycles. The lowest BCUT2D eigenvalue weighted by molar-refractivity contribution is 0.0307. The van der Waals surface area contributed by atoms with Crippen LogP contribution in [0.1, 0.15) is 31.0 Å². The Morgan fingerprint density at radius 1 is 1.47 bits per heavy atom. The van der Waals surface area contributed by atoms with E-state index in [1.807, 2.05) is 32.0 Å². The molecule has 1 N–H and O–H groups in total. The van der Waals surface area contributed by atoms with Crippen LogP contribution >= 0.6 is 0 Å². The molecule has 1 aliphatic rings. The van der Waals surface area contributed by atoms with Gasteiger partial charge in [0.25, 0.3) is 0 Å². The van der Waals surface area contributed by atoms with Gasteiger partial charge in [-0.15, -0.1) is 0 Å². The third-order valence-corrected chi connectivity index (χ3v) is 3.26. The average molecular weight is 206 g/mol. The van der Waals surface area contributed by atoms with Crippen LogP contribution in [0, 0.1) is 0 Å². The first kappa shape index (κ1) is 10.4. The molecule has 2 rings (SSSR count). The second-order valence-electron chi connectivity index (χ2n) is 4.46. The molecule has 3 nitrogen and oxygen atoms in total. The first-order valence-corrected chi connectivity index (χ1v) is 5.47. The molecule has 0 aromatic carbocycles. The number of fused-ring (bicyclic) bond motifs is 1. The predicted molar refractivity (Wildman–Crippen MR) is 61.1 cm³/mol. The Labute approximate surface area is 90.8 Å². The average Bonchev–Trinajstić information content (AvgIpc) is 2.57. The molecule has 3 heteroatoms. The van der Waals surface area contributed by atoms with E-state index in [9.17, 15) is 5.11 Å². The predicted octanol–water partition coefficient (Wildman–Crippen LogP) is 1.69. The number of hydrogen-bond donors (Lipinski definition) is 1. The molecule has 15 heavy (non-hydrogen) atoms. The Kier molecular flexibility index (Phi) is 2.43. The number of aromatic nitrogens is 1. The molecule has 0 amide bonds. The van der Waals surface area contributed by atoms with Crippen LogP contribution in [0.25, 0.3) is 0 Å². The highest BCUT2D eigenvalue weighted by Crippen LogP contribution is 2.38. The SMILES string of the molecule is CC[C@@]1(O)CCc2ccc(N(C)C)nc21. The van der Waals surface area contributed by atoms with E-state index in [0.717, 1.165) is 30.8 Å². The third-order valence-electron chi connectivity index (χ3n) is 3.26. The minimum Gasteiger partial charge on any atom is -0.384 e. The maximum atomic E-state index is 10.4. The van der Waals surface area contributed by atoms with Crippen LogP contribution in [0.3, 0.4) is 0 Å². The second kappa shape index (κ2) is 3.49. The van der Waals surface area contributed by atoms with Crippen molar-refractivity contribution in [3.05, 3.63) is 23.4 Å². The van der Waals surface area contributed by atoms with Gasteiger partial charge in [-0.1, -0.05) is 13.0 Å². The van der Waals surface area contributed by atoms with E-state index in [1.165, 1.54) is 5.56 Å². The van der Waals surface area contributed by atoms with Crippen LogP contribution < -0.4 is 4.90 Å². The van der Waals surface area contributed by atoms with Crippen LogP contribution in [0.4, 0.5) is 5.82 Å². The van der Waals surface area contributed by atoms with Gasteiger partial charge in [-0.25, -0.2) is 4.98 Å². The van der Waals surface area contributed by atoms with Gasteiger partial charge in [0.1, 0.15) is 11.4 Å². The molecule has 1 atom stereocenters. The quantitative estimate of drug-likeness (QED) is 0.800. The molecule has 1 heterocycles. The van der Waals surface area contributed by atoms with Gasteiger partial charge in [0.2, 0.25) is 0 Å². The molecule has 1 aliphatic carbocycles.